The van der Waals surface area contributed by atoms with E-state index < -0.39 is 0 Å². The summed E-state index contributed by atoms with van der Waals surface area (Å²) < 4.78 is 2.08. The molecule has 0 spiro atoms. The van der Waals surface area contributed by atoms with E-state index in [2.05, 4.69) is 26.0 Å². The largest absolute Gasteiger partial charge is 0.321 e. The van der Waals surface area contributed by atoms with Crippen molar-refractivity contribution >= 4 is 22.4 Å². The lowest BCUT2D eigenvalue weighted by molar-refractivity contribution is 0.753. The van der Waals surface area contributed by atoms with Crippen molar-refractivity contribution in [1.29, 1.82) is 5.26 Å². The minimum Gasteiger partial charge on any atom is -0.321 e. The Balaban J connectivity index is 2.09. The highest BCUT2D eigenvalue weighted by Crippen LogP contribution is 2.19. The van der Waals surface area contributed by atoms with Gasteiger partial charge in [-0.3, -0.25) is 0 Å². The zero-order valence-electron chi connectivity index (χ0n) is 10.5. The van der Waals surface area contributed by atoms with Crippen molar-refractivity contribution in [3.8, 4) is 6.07 Å². The van der Waals surface area contributed by atoms with E-state index in [1.807, 2.05) is 31.2 Å². The fourth-order valence-electron chi connectivity index (χ4n) is 2.15. The SMILES string of the molecule is Cc1nc(Cn2c(CC#N)nc3ccccc32)cs1. The fourth-order valence-corrected chi connectivity index (χ4v) is 2.75. The van der Waals surface area contributed by atoms with E-state index in [9.17, 15) is 0 Å². The number of nitriles is 1. The second-order valence-electron chi connectivity index (χ2n) is 4.30. The van der Waals surface area contributed by atoms with Crippen LogP contribution in [0.3, 0.4) is 0 Å². The smallest absolute Gasteiger partial charge is 0.124 e. The van der Waals surface area contributed by atoms with Gasteiger partial charge in [-0.15, -0.1) is 11.3 Å². The molecule has 1 aromatic carbocycles. The molecule has 3 rings (SSSR count). The van der Waals surface area contributed by atoms with Crippen molar-refractivity contribution in [1.82, 2.24) is 14.5 Å². The maximum absolute atomic E-state index is 8.92. The highest BCUT2D eigenvalue weighted by Gasteiger charge is 2.11. The van der Waals surface area contributed by atoms with Crippen molar-refractivity contribution in [3.05, 3.63) is 46.2 Å². The Morgan fingerprint density at radius 1 is 1.32 bits per heavy atom. The molecular weight excluding hydrogens is 256 g/mol. The summed E-state index contributed by atoms with van der Waals surface area (Å²) in [6, 6.07) is 10.1. The Bertz CT molecular complexity index is 763. The topological polar surface area (TPSA) is 54.5 Å². The highest BCUT2D eigenvalue weighted by atomic mass is 32.1. The average molecular weight is 268 g/mol. The van der Waals surface area contributed by atoms with Crippen LogP contribution in [-0.4, -0.2) is 14.5 Å². The third kappa shape index (κ3) is 2.23. The molecular formula is C14H12N4S. The Morgan fingerprint density at radius 2 is 2.16 bits per heavy atom. The van der Waals surface area contributed by atoms with Crippen LogP contribution in [0.2, 0.25) is 0 Å². The van der Waals surface area contributed by atoms with Gasteiger partial charge in [-0.2, -0.15) is 5.26 Å². The van der Waals surface area contributed by atoms with E-state index in [1.54, 1.807) is 11.3 Å². The van der Waals surface area contributed by atoms with E-state index in [-0.39, 0.29) is 0 Å². The lowest BCUT2D eigenvalue weighted by atomic mass is 10.3. The number of benzene rings is 1. The van der Waals surface area contributed by atoms with Crippen LogP contribution < -0.4 is 0 Å². The van der Waals surface area contributed by atoms with Gasteiger partial charge in [0.2, 0.25) is 0 Å². The molecule has 0 aliphatic rings. The van der Waals surface area contributed by atoms with Crippen molar-refractivity contribution in [2.75, 3.05) is 0 Å². The van der Waals surface area contributed by atoms with E-state index in [1.165, 1.54) is 0 Å². The predicted molar refractivity (Wildman–Crippen MR) is 75.0 cm³/mol. The summed E-state index contributed by atoms with van der Waals surface area (Å²) in [5, 5.41) is 12.0. The first-order valence-electron chi connectivity index (χ1n) is 6.00. The minimum absolute atomic E-state index is 0.317. The van der Waals surface area contributed by atoms with Gasteiger partial charge in [-0.05, 0) is 19.1 Å². The number of nitrogens with zero attached hydrogens (tertiary/aromatic N) is 4. The van der Waals surface area contributed by atoms with Crippen molar-refractivity contribution in [2.45, 2.75) is 19.9 Å². The molecule has 0 saturated carbocycles. The molecule has 94 valence electrons. The molecule has 4 nitrogen and oxygen atoms in total. The first-order chi connectivity index (χ1) is 9.28. The summed E-state index contributed by atoms with van der Waals surface area (Å²) in [6.45, 7) is 2.66. The van der Waals surface area contributed by atoms with Gasteiger partial charge in [-0.25, -0.2) is 9.97 Å². The maximum Gasteiger partial charge on any atom is 0.124 e. The number of fused-ring (bicyclic) bond motifs is 1. The number of imidazole rings is 1. The third-order valence-corrected chi connectivity index (χ3v) is 3.78. The molecule has 0 aliphatic carbocycles. The second kappa shape index (κ2) is 4.82. The van der Waals surface area contributed by atoms with Crippen molar-refractivity contribution in [2.24, 2.45) is 0 Å². The Labute approximate surface area is 115 Å². The van der Waals surface area contributed by atoms with Gasteiger partial charge in [0.25, 0.3) is 0 Å². The summed E-state index contributed by atoms with van der Waals surface area (Å²) in [6.07, 6.45) is 0.317. The molecule has 0 unspecified atom stereocenters. The van der Waals surface area contributed by atoms with Gasteiger partial charge in [0.1, 0.15) is 5.82 Å². The van der Waals surface area contributed by atoms with Gasteiger partial charge < -0.3 is 4.57 Å². The van der Waals surface area contributed by atoms with Crippen LogP contribution in [0.15, 0.2) is 29.6 Å². The van der Waals surface area contributed by atoms with Crippen LogP contribution in [0.4, 0.5) is 0 Å². The Kier molecular flexibility index (Phi) is 3.02. The molecule has 2 aromatic heterocycles. The summed E-state index contributed by atoms with van der Waals surface area (Å²) >= 11 is 1.64. The van der Waals surface area contributed by atoms with E-state index in [4.69, 9.17) is 5.26 Å². The monoisotopic (exact) mass is 268 g/mol. The molecule has 3 aromatic rings. The standard InChI is InChI=1S/C14H12N4S/c1-10-16-11(9-19-10)8-18-13-5-3-2-4-12(13)17-14(18)6-7-15/h2-5,9H,6,8H2,1H3. The van der Waals surface area contributed by atoms with Crippen LogP contribution in [0.25, 0.3) is 11.0 Å². The van der Waals surface area contributed by atoms with Crippen molar-refractivity contribution in [3.63, 3.8) is 0 Å². The Morgan fingerprint density at radius 3 is 2.89 bits per heavy atom. The molecule has 5 heteroatoms. The van der Waals surface area contributed by atoms with E-state index >= 15 is 0 Å². The normalized spacial score (nSPS) is 10.7. The van der Waals surface area contributed by atoms with Gasteiger partial charge in [0, 0.05) is 5.38 Å². The molecule has 0 aliphatic heterocycles. The lowest BCUT2D eigenvalue weighted by Crippen LogP contribution is -2.05. The van der Waals surface area contributed by atoms with Crippen molar-refractivity contribution < 1.29 is 0 Å². The molecule has 0 saturated heterocycles. The van der Waals surface area contributed by atoms with Gasteiger partial charge in [0.15, 0.2) is 0 Å². The molecule has 0 bridgehead atoms. The van der Waals surface area contributed by atoms with Gasteiger partial charge >= 0.3 is 0 Å². The number of aryl methyl sites for hydroxylation is 1. The molecule has 0 fully saturated rings. The first-order valence-corrected chi connectivity index (χ1v) is 6.88. The number of thiazole rings is 1. The lowest BCUT2D eigenvalue weighted by Gasteiger charge is -2.05. The molecule has 0 N–H and O–H groups in total. The summed E-state index contributed by atoms with van der Waals surface area (Å²) in [4.78, 5) is 9.00. The second-order valence-corrected chi connectivity index (χ2v) is 5.36. The van der Waals surface area contributed by atoms with Gasteiger partial charge in [0.05, 0.1) is 40.8 Å². The van der Waals surface area contributed by atoms with E-state index in [0.717, 1.165) is 27.6 Å². The van der Waals surface area contributed by atoms with Gasteiger partial charge in [-0.1, -0.05) is 12.1 Å². The number of hydrogen-bond acceptors (Lipinski definition) is 4. The molecule has 0 amide bonds. The zero-order valence-corrected chi connectivity index (χ0v) is 11.3. The fraction of sp³-hybridized carbons (Fsp3) is 0.214. The van der Waals surface area contributed by atoms with Crippen LogP contribution in [0.5, 0.6) is 0 Å². The molecule has 19 heavy (non-hydrogen) atoms. The summed E-state index contributed by atoms with van der Waals surface area (Å²) in [5.41, 5.74) is 3.00. The summed E-state index contributed by atoms with van der Waals surface area (Å²) in [7, 11) is 0. The highest BCUT2D eigenvalue weighted by molar-refractivity contribution is 7.09. The third-order valence-electron chi connectivity index (χ3n) is 2.96. The number of hydrogen-bond donors (Lipinski definition) is 0. The van der Waals surface area contributed by atoms with E-state index in [0.29, 0.717) is 13.0 Å². The molecule has 0 atom stereocenters. The first kappa shape index (κ1) is 11.9. The zero-order chi connectivity index (χ0) is 13.2. The Hall–Kier alpha value is -2.19. The average Bonchev–Trinajstić information content (AvgIpc) is 2.96. The van der Waals surface area contributed by atoms with Crippen LogP contribution in [-0.2, 0) is 13.0 Å². The maximum atomic E-state index is 8.92. The number of aromatic nitrogens is 3. The number of rotatable bonds is 3. The molecule has 2 heterocycles. The molecule has 0 radical (unpaired) electrons. The predicted octanol–water partition coefficient (Wildman–Crippen LogP) is 2.92. The van der Waals surface area contributed by atoms with Crippen LogP contribution in [0, 0.1) is 18.3 Å². The quantitative estimate of drug-likeness (QED) is 0.734. The number of para-hydroxylation sites is 2. The minimum atomic E-state index is 0.317. The van der Waals surface area contributed by atoms with Crippen LogP contribution >= 0.6 is 11.3 Å². The van der Waals surface area contributed by atoms with Crippen LogP contribution in [0.1, 0.15) is 16.5 Å². The summed E-state index contributed by atoms with van der Waals surface area (Å²) in [5.74, 6) is 0.800.